The predicted molar refractivity (Wildman–Crippen MR) is 54.4 cm³/mol. The lowest BCUT2D eigenvalue weighted by Crippen LogP contribution is -2.12. The highest BCUT2D eigenvalue weighted by molar-refractivity contribution is 5.29. The van der Waals surface area contributed by atoms with Gasteiger partial charge in [-0.25, -0.2) is 4.39 Å². The average molecular weight is 197 g/mol. The van der Waals surface area contributed by atoms with E-state index in [-0.39, 0.29) is 11.8 Å². The SMILES string of the molecule is CC(C)CC(N)c1ccc(O)c(F)c1. The van der Waals surface area contributed by atoms with Gasteiger partial charge in [0.2, 0.25) is 0 Å². The first kappa shape index (κ1) is 11.0. The molecule has 1 aromatic rings. The van der Waals surface area contributed by atoms with E-state index in [1.807, 2.05) is 0 Å². The molecule has 0 spiro atoms. The second kappa shape index (κ2) is 4.42. The third-order valence-electron chi connectivity index (χ3n) is 2.13. The van der Waals surface area contributed by atoms with Crippen molar-refractivity contribution < 1.29 is 9.50 Å². The first-order chi connectivity index (χ1) is 6.50. The molecule has 0 aliphatic carbocycles. The Bertz CT molecular complexity index is 312. The minimum absolute atomic E-state index is 0.162. The monoisotopic (exact) mass is 197 g/mol. The van der Waals surface area contributed by atoms with Gasteiger partial charge in [-0.15, -0.1) is 0 Å². The molecule has 0 saturated carbocycles. The zero-order valence-corrected chi connectivity index (χ0v) is 8.50. The lowest BCUT2D eigenvalue weighted by atomic mass is 9.98. The summed E-state index contributed by atoms with van der Waals surface area (Å²) in [7, 11) is 0. The van der Waals surface area contributed by atoms with Gasteiger partial charge >= 0.3 is 0 Å². The Balaban J connectivity index is 2.80. The fourth-order valence-electron chi connectivity index (χ4n) is 1.40. The number of phenolic OH excluding ortho intramolecular Hbond substituents is 1. The van der Waals surface area contributed by atoms with Crippen molar-refractivity contribution in [1.82, 2.24) is 0 Å². The Hall–Kier alpha value is -1.09. The van der Waals surface area contributed by atoms with Crippen molar-refractivity contribution in [2.24, 2.45) is 11.7 Å². The number of halogens is 1. The first-order valence-corrected chi connectivity index (χ1v) is 4.74. The van der Waals surface area contributed by atoms with Crippen LogP contribution in [0.1, 0.15) is 31.9 Å². The van der Waals surface area contributed by atoms with Crippen LogP contribution in [0.3, 0.4) is 0 Å². The van der Waals surface area contributed by atoms with Crippen molar-refractivity contribution in [1.29, 1.82) is 0 Å². The number of rotatable bonds is 3. The summed E-state index contributed by atoms with van der Waals surface area (Å²) in [5.41, 5.74) is 6.60. The first-order valence-electron chi connectivity index (χ1n) is 4.74. The second-order valence-electron chi connectivity index (χ2n) is 3.95. The van der Waals surface area contributed by atoms with Gasteiger partial charge < -0.3 is 10.8 Å². The van der Waals surface area contributed by atoms with Gasteiger partial charge in [0.05, 0.1) is 0 Å². The van der Waals surface area contributed by atoms with Crippen molar-refractivity contribution in [2.75, 3.05) is 0 Å². The summed E-state index contributed by atoms with van der Waals surface area (Å²) >= 11 is 0. The van der Waals surface area contributed by atoms with Gasteiger partial charge in [0.25, 0.3) is 0 Å². The fourth-order valence-corrected chi connectivity index (χ4v) is 1.40. The van der Waals surface area contributed by atoms with Crippen molar-refractivity contribution in [3.05, 3.63) is 29.6 Å². The van der Waals surface area contributed by atoms with E-state index in [1.165, 1.54) is 12.1 Å². The van der Waals surface area contributed by atoms with Crippen LogP contribution in [0.4, 0.5) is 4.39 Å². The second-order valence-corrected chi connectivity index (χ2v) is 3.95. The maximum absolute atomic E-state index is 13.0. The van der Waals surface area contributed by atoms with E-state index in [2.05, 4.69) is 13.8 Å². The van der Waals surface area contributed by atoms with Crippen LogP contribution in [0.5, 0.6) is 5.75 Å². The van der Waals surface area contributed by atoms with Crippen molar-refractivity contribution in [3.63, 3.8) is 0 Å². The largest absolute Gasteiger partial charge is 0.505 e. The number of aromatic hydroxyl groups is 1. The van der Waals surface area contributed by atoms with Crippen molar-refractivity contribution in [3.8, 4) is 5.75 Å². The molecule has 3 heteroatoms. The third kappa shape index (κ3) is 2.70. The molecule has 78 valence electrons. The predicted octanol–water partition coefficient (Wildman–Crippen LogP) is 2.58. The Morgan fingerprint density at radius 2 is 2.07 bits per heavy atom. The van der Waals surface area contributed by atoms with Gasteiger partial charge in [-0.3, -0.25) is 0 Å². The molecule has 0 amide bonds. The molecule has 1 rings (SSSR count). The molecular formula is C11H16FNO. The lowest BCUT2D eigenvalue weighted by Gasteiger charge is -2.14. The molecule has 0 aliphatic rings. The number of phenols is 1. The Morgan fingerprint density at radius 3 is 2.57 bits per heavy atom. The van der Waals surface area contributed by atoms with E-state index < -0.39 is 5.82 Å². The molecule has 0 bridgehead atoms. The molecule has 1 unspecified atom stereocenters. The molecule has 14 heavy (non-hydrogen) atoms. The van der Waals surface area contributed by atoms with Gasteiger partial charge in [-0.1, -0.05) is 19.9 Å². The lowest BCUT2D eigenvalue weighted by molar-refractivity contribution is 0.430. The van der Waals surface area contributed by atoms with E-state index in [4.69, 9.17) is 10.8 Å². The van der Waals surface area contributed by atoms with E-state index in [9.17, 15) is 4.39 Å². The van der Waals surface area contributed by atoms with Gasteiger partial charge in [0.15, 0.2) is 11.6 Å². The van der Waals surface area contributed by atoms with Crippen LogP contribution in [-0.4, -0.2) is 5.11 Å². The Morgan fingerprint density at radius 1 is 1.43 bits per heavy atom. The van der Waals surface area contributed by atoms with Crippen molar-refractivity contribution >= 4 is 0 Å². The fraction of sp³-hybridized carbons (Fsp3) is 0.455. The van der Waals surface area contributed by atoms with Crippen molar-refractivity contribution in [2.45, 2.75) is 26.3 Å². The van der Waals surface area contributed by atoms with Crippen LogP contribution in [0.15, 0.2) is 18.2 Å². The van der Waals surface area contributed by atoms with Gasteiger partial charge in [-0.2, -0.15) is 0 Å². The summed E-state index contributed by atoms with van der Waals surface area (Å²) in [6, 6.07) is 4.13. The zero-order valence-electron chi connectivity index (χ0n) is 8.50. The van der Waals surface area contributed by atoms with Gasteiger partial charge in [0.1, 0.15) is 0 Å². The van der Waals surface area contributed by atoms with Crippen LogP contribution in [0, 0.1) is 11.7 Å². The molecule has 1 atom stereocenters. The summed E-state index contributed by atoms with van der Waals surface area (Å²) < 4.78 is 13.0. The molecule has 0 radical (unpaired) electrons. The van der Waals surface area contributed by atoms with Gasteiger partial charge in [-0.05, 0) is 30.0 Å². The Labute approximate surface area is 83.6 Å². The quantitative estimate of drug-likeness (QED) is 0.782. The molecule has 2 nitrogen and oxygen atoms in total. The molecular weight excluding hydrogens is 181 g/mol. The number of hydrogen-bond donors (Lipinski definition) is 2. The molecule has 1 aromatic carbocycles. The maximum atomic E-state index is 13.0. The Kier molecular flexibility index (Phi) is 3.47. The van der Waals surface area contributed by atoms with Crippen LogP contribution in [0.2, 0.25) is 0 Å². The van der Waals surface area contributed by atoms with Gasteiger partial charge in [0, 0.05) is 6.04 Å². The minimum Gasteiger partial charge on any atom is -0.505 e. The highest BCUT2D eigenvalue weighted by atomic mass is 19.1. The van der Waals surface area contributed by atoms with E-state index in [0.29, 0.717) is 5.92 Å². The number of hydrogen-bond acceptors (Lipinski definition) is 2. The van der Waals surface area contributed by atoms with Crippen LogP contribution in [0.25, 0.3) is 0 Å². The molecule has 0 aliphatic heterocycles. The number of benzene rings is 1. The standard InChI is InChI=1S/C11H16FNO/c1-7(2)5-10(13)8-3-4-11(14)9(12)6-8/h3-4,6-7,10,14H,5,13H2,1-2H3. The summed E-state index contributed by atoms with van der Waals surface area (Å²) in [5, 5.41) is 8.99. The molecule has 0 heterocycles. The summed E-state index contributed by atoms with van der Waals surface area (Å²) in [6.07, 6.45) is 0.810. The maximum Gasteiger partial charge on any atom is 0.165 e. The third-order valence-corrected chi connectivity index (χ3v) is 2.13. The van der Waals surface area contributed by atoms with Crippen LogP contribution < -0.4 is 5.73 Å². The van der Waals surface area contributed by atoms with Crippen LogP contribution in [-0.2, 0) is 0 Å². The highest BCUT2D eigenvalue weighted by Gasteiger charge is 2.10. The molecule has 0 fully saturated rings. The molecule has 3 N–H and O–H groups in total. The normalized spacial score (nSPS) is 13.2. The summed E-state index contributed by atoms with van der Waals surface area (Å²) in [6.45, 7) is 4.13. The smallest absolute Gasteiger partial charge is 0.165 e. The topological polar surface area (TPSA) is 46.2 Å². The minimum atomic E-state index is -0.610. The summed E-state index contributed by atoms with van der Waals surface area (Å²) in [5.74, 6) is -0.464. The molecule has 0 saturated heterocycles. The van der Waals surface area contributed by atoms with E-state index >= 15 is 0 Å². The molecule has 0 aromatic heterocycles. The zero-order chi connectivity index (χ0) is 10.7. The highest BCUT2D eigenvalue weighted by Crippen LogP contribution is 2.23. The summed E-state index contributed by atoms with van der Waals surface area (Å²) in [4.78, 5) is 0. The average Bonchev–Trinajstić information content (AvgIpc) is 2.08. The van der Waals surface area contributed by atoms with Crippen LogP contribution >= 0.6 is 0 Å². The van der Waals surface area contributed by atoms with E-state index in [0.717, 1.165) is 12.0 Å². The van der Waals surface area contributed by atoms with E-state index in [1.54, 1.807) is 6.07 Å². The number of nitrogens with two attached hydrogens (primary N) is 1.